The van der Waals surface area contributed by atoms with Crippen LogP contribution in [0.25, 0.3) is 11.4 Å². The molecule has 3 aromatic rings. The van der Waals surface area contributed by atoms with E-state index in [1.807, 2.05) is 31.1 Å². The van der Waals surface area contributed by atoms with Crippen molar-refractivity contribution in [2.24, 2.45) is 0 Å². The summed E-state index contributed by atoms with van der Waals surface area (Å²) in [4.78, 5) is 10.7. The number of pyridine rings is 1. The number of hydrogen-bond donors (Lipinski definition) is 0. The summed E-state index contributed by atoms with van der Waals surface area (Å²) in [6.07, 6.45) is 4.19. The maximum atomic E-state index is 14.0. The van der Waals surface area contributed by atoms with Crippen molar-refractivity contribution in [3.8, 4) is 11.4 Å². The summed E-state index contributed by atoms with van der Waals surface area (Å²) in [5.41, 5.74) is 2.33. The molecule has 1 aromatic carbocycles. The Morgan fingerprint density at radius 1 is 1.26 bits per heavy atom. The molecule has 2 atom stereocenters. The lowest BCUT2D eigenvalue weighted by Crippen LogP contribution is -2.12. The van der Waals surface area contributed by atoms with Crippen LogP contribution >= 0.6 is 0 Å². The Morgan fingerprint density at radius 3 is 2.93 bits per heavy atom. The highest BCUT2D eigenvalue weighted by Crippen LogP contribution is 2.41. The number of aromatic nitrogens is 3. The molecule has 6 nitrogen and oxygen atoms in total. The van der Waals surface area contributed by atoms with Crippen LogP contribution in [0.1, 0.15) is 35.5 Å². The molecule has 3 heterocycles. The third kappa shape index (κ3) is 3.74. The zero-order valence-electron chi connectivity index (χ0n) is 15.3. The van der Waals surface area contributed by atoms with Crippen molar-refractivity contribution in [1.82, 2.24) is 20.0 Å². The molecule has 0 spiro atoms. The van der Waals surface area contributed by atoms with Crippen LogP contribution in [-0.2, 0) is 11.3 Å². The molecule has 0 bridgehead atoms. The van der Waals surface area contributed by atoms with Gasteiger partial charge in [0.1, 0.15) is 5.82 Å². The van der Waals surface area contributed by atoms with Crippen LogP contribution in [0.2, 0.25) is 0 Å². The van der Waals surface area contributed by atoms with Gasteiger partial charge in [-0.25, -0.2) is 4.39 Å². The minimum absolute atomic E-state index is 0.0165. The molecule has 4 rings (SSSR count). The first kappa shape index (κ1) is 17.8. The fourth-order valence-electron chi connectivity index (χ4n) is 3.39. The summed E-state index contributed by atoms with van der Waals surface area (Å²) in [6.45, 7) is 1.13. The molecular weight excluding hydrogens is 347 g/mol. The van der Waals surface area contributed by atoms with Crippen LogP contribution in [0.5, 0.6) is 0 Å². The van der Waals surface area contributed by atoms with Crippen molar-refractivity contribution in [3.05, 3.63) is 65.6 Å². The molecule has 1 aliphatic heterocycles. The molecule has 0 saturated carbocycles. The van der Waals surface area contributed by atoms with Crippen LogP contribution in [0.15, 0.2) is 47.2 Å². The Bertz CT molecular complexity index is 913. The first-order valence-corrected chi connectivity index (χ1v) is 8.90. The highest BCUT2D eigenvalue weighted by Gasteiger charge is 2.35. The Kier molecular flexibility index (Phi) is 4.96. The first-order valence-electron chi connectivity index (χ1n) is 8.90. The molecule has 1 fully saturated rings. The average molecular weight is 368 g/mol. The monoisotopic (exact) mass is 368 g/mol. The van der Waals surface area contributed by atoms with Crippen molar-refractivity contribution >= 4 is 0 Å². The van der Waals surface area contributed by atoms with E-state index in [2.05, 4.69) is 15.1 Å². The SMILES string of the molecule is CN(C)Cc1cc(-c2noc([C@H]3CCO[C@@H]3c3cccnc3)n2)ccc1F. The van der Waals surface area contributed by atoms with E-state index in [1.54, 1.807) is 24.5 Å². The van der Waals surface area contributed by atoms with Gasteiger partial charge >= 0.3 is 0 Å². The summed E-state index contributed by atoms with van der Waals surface area (Å²) < 4.78 is 25.4. The van der Waals surface area contributed by atoms with Gasteiger partial charge < -0.3 is 14.2 Å². The third-order valence-electron chi connectivity index (χ3n) is 4.65. The zero-order chi connectivity index (χ0) is 18.8. The van der Waals surface area contributed by atoms with Crippen molar-refractivity contribution in [2.45, 2.75) is 25.0 Å². The van der Waals surface area contributed by atoms with Gasteiger partial charge in [-0.05, 0) is 50.3 Å². The second-order valence-corrected chi connectivity index (χ2v) is 6.97. The van der Waals surface area contributed by atoms with Crippen LogP contribution in [0.3, 0.4) is 0 Å². The normalized spacial score (nSPS) is 19.7. The van der Waals surface area contributed by atoms with Gasteiger partial charge in [-0.2, -0.15) is 4.98 Å². The number of halogens is 1. The van der Waals surface area contributed by atoms with Gasteiger partial charge in [0.2, 0.25) is 11.7 Å². The number of benzene rings is 1. The van der Waals surface area contributed by atoms with Gasteiger partial charge in [-0.15, -0.1) is 0 Å². The Balaban J connectivity index is 1.60. The lowest BCUT2D eigenvalue weighted by atomic mass is 9.96. The van der Waals surface area contributed by atoms with Gasteiger partial charge in [0.15, 0.2) is 0 Å². The van der Waals surface area contributed by atoms with Gasteiger partial charge in [0.05, 0.1) is 12.0 Å². The van der Waals surface area contributed by atoms with Gasteiger partial charge in [-0.3, -0.25) is 4.98 Å². The lowest BCUT2D eigenvalue weighted by Gasteiger charge is -2.14. The molecule has 7 heteroatoms. The molecule has 1 aliphatic rings. The predicted molar refractivity (Wildman–Crippen MR) is 97.4 cm³/mol. The van der Waals surface area contributed by atoms with Crippen LogP contribution in [0.4, 0.5) is 4.39 Å². The average Bonchev–Trinajstić information content (AvgIpc) is 3.33. The molecule has 2 aromatic heterocycles. The Morgan fingerprint density at radius 2 is 2.15 bits per heavy atom. The fourth-order valence-corrected chi connectivity index (χ4v) is 3.39. The molecule has 0 radical (unpaired) electrons. The minimum atomic E-state index is -0.239. The van der Waals surface area contributed by atoms with E-state index in [0.717, 1.165) is 17.5 Å². The second kappa shape index (κ2) is 7.54. The van der Waals surface area contributed by atoms with E-state index in [1.165, 1.54) is 6.07 Å². The van der Waals surface area contributed by atoms with E-state index >= 15 is 0 Å². The van der Waals surface area contributed by atoms with Crippen molar-refractivity contribution in [2.75, 3.05) is 20.7 Å². The summed E-state index contributed by atoms with van der Waals surface area (Å²) in [7, 11) is 3.80. The zero-order valence-corrected chi connectivity index (χ0v) is 15.3. The topological polar surface area (TPSA) is 64.3 Å². The molecular formula is C20H21FN4O2. The van der Waals surface area contributed by atoms with Gasteiger partial charge in [0, 0.05) is 36.7 Å². The molecule has 0 aliphatic carbocycles. The standard InChI is InChI=1S/C20H21FN4O2/c1-25(2)12-15-10-13(5-6-17(15)21)19-23-20(27-24-19)16-7-9-26-18(16)14-4-3-8-22-11-14/h3-6,8,10-11,16,18H,7,9,12H2,1-2H3/t16-,18+/m0/s1. The Labute approximate surface area is 157 Å². The maximum Gasteiger partial charge on any atom is 0.233 e. The largest absolute Gasteiger partial charge is 0.373 e. The van der Waals surface area contributed by atoms with Crippen molar-refractivity contribution < 1.29 is 13.7 Å². The number of rotatable bonds is 5. The second-order valence-electron chi connectivity index (χ2n) is 6.97. The van der Waals surface area contributed by atoms with E-state index in [9.17, 15) is 4.39 Å². The fraction of sp³-hybridized carbons (Fsp3) is 0.350. The summed E-state index contributed by atoms with van der Waals surface area (Å²) in [5.74, 6) is 0.742. The smallest absolute Gasteiger partial charge is 0.233 e. The van der Waals surface area contributed by atoms with Crippen LogP contribution < -0.4 is 0 Å². The quantitative estimate of drug-likeness (QED) is 0.686. The predicted octanol–water partition coefficient (Wildman–Crippen LogP) is 3.58. The molecule has 1 saturated heterocycles. The van der Waals surface area contributed by atoms with E-state index in [-0.39, 0.29) is 17.8 Å². The Hall–Kier alpha value is -2.64. The minimum Gasteiger partial charge on any atom is -0.373 e. The van der Waals surface area contributed by atoms with Crippen molar-refractivity contribution in [1.29, 1.82) is 0 Å². The number of nitrogens with zero attached hydrogens (tertiary/aromatic N) is 4. The highest BCUT2D eigenvalue weighted by atomic mass is 19.1. The number of hydrogen-bond acceptors (Lipinski definition) is 6. The van der Waals surface area contributed by atoms with E-state index in [4.69, 9.17) is 9.26 Å². The van der Waals surface area contributed by atoms with Crippen LogP contribution in [-0.4, -0.2) is 40.7 Å². The summed E-state index contributed by atoms with van der Waals surface area (Å²) >= 11 is 0. The van der Waals surface area contributed by atoms with E-state index < -0.39 is 0 Å². The van der Waals surface area contributed by atoms with Crippen LogP contribution in [0, 0.1) is 5.82 Å². The molecule has 0 N–H and O–H groups in total. The van der Waals surface area contributed by atoms with E-state index in [0.29, 0.717) is 30.4 Å². The first-order chi connectivity index (χ1) is 13.1. The molecule has 27 heavy (non-hydrogen) atoms. The highest BCUT2D eigenvalue weighted by molar-refractivity contribution is 5.55. The number of ether oxygens (including phenoxy) is 1. The van der Waals surface area contributed by atoms with Crippen molar-refractivity contribution in [3.63, 3.8) is 0 Å². The van der Waals surface area contributed by atoms with Gasteiger partial charge in [-0.1, -0.05) is 11.2 Å². The molecule has 0 unspecified atom stereocenters. The summed E-state index contributed by atoms with van der Waals surface area (Å²) in [6, 6.07) is 8.76. The lowest BCUT2D eigenvalue weighted by molar-refractivity contribution is 0.0984. The third-order valence-corrected chi connectivity index (χ3v) is 4.65. The maximum absolute atomic E-state index is 14.0. The molecule has 0 amide bonds. The summed E-state index contributed by atoms with van der Waals surface area (Å²) in [5, 5.41) is 4.12. The van der Waals surface area contributed by atoms with Gasteiger partial charge in [0.25, 0.3) is 0 Å². The molecule has 140 valence electrons.